The fraction of sp³-hybridized carbons (Fsp3) is 0.611. The lowest BCUT2D eigenvalue weighted by Gasteiger charge is -2.38. The van der Waals surface area contributed by atoms with Gasteiger partial charge in [0, 0.05) is 11.0 Å². The van der Waals surface area contributed by atoms with Gasteiger partial charge in [-0.05, 0) is 41.6 Å². The first-order valence-corrected chi connectivity index (χ1v) is 9.67. The number of fused-ring (bicyclic) bond motifs is 2. The maximum atomic E-state index is 12.3. The van der Waals surface area contributed by atoms with Crippen LogP contribution < -0.4 is 0 Å². The summed E-state index contributed by atoms with van der Waals surface area (Å²) in [5.41, 5.74) is 1.97. The van der Waals surface area contributed by atoms with Gasteiger partial charge in [-0.25, -0.2) is 0 Å². The Morgan fingerprint density at radius 2 is 1.95 bits per heavy atom. The Labute approximate surface area is 136 Å². The molecule has 0 N–H and O–H groups in total. The van der Waals surface area contributed by atoms with Crippen LogP contribution in [-0.4, -0.2) is 9.70 Å². The average molecular weight is 321 g/mol. The van der Waals surface area contributed by atoms with E-state index < -0.39 is 0 Å². The monoisotopic (exact) mass is 320 g/mol. The maximum absolute atomic E-state index is 12.3. The summed E-state index contributed by atoms with van der Waals surface area (Å²) >= 11 is 3.08. The van der Waals surface area contributed by atoms with Crippen LogP contribution in [0.25, 0.3) is 0 Å². The molecule has 3 heteroatoms. The van der Waals surface area contributed by atoms with Crippen LogP contribution in [0.5, 0.6) is 0 Å². The smallest absolute Gasteiger partial charge is 0.246 e. The molecule has 0 radical (unpaired) electrons. The van der Waals surface area contributed by atoms with E-state index in [2.05, 4.69) is 32.9 Å². The normalized spacial score (nSPS) is 33.3. The van der Waals surface area contributed by atoms with Gasteiger partial charge in [-0.3, -0.25) is 4.79 Å². The molecule has 0 heterocycles. The summed E-state index contributed by atoms with van der Waals surface area (Å²) in [7, 11) is 0. The summed E-state index contributed by atoms with van der Waals surface area (Å²) in [6.45, 7) is 7.23. The Bertz CT molecular complexity index is 525. The van der Waals surface area contributed by atoms with E-state index in [1.54, 1.807) is 11.8 Å². The number of rotatable bonds is 3. The molecule has 0 aromatic heterocycles. The molecule has 2 saturated carbocycles. The molecule has 3 atom stereocenters. The first-order chi connectivity index (χ1) is 9.93. The zero-order valence-electron chi connectivity index (χ0n) is 13.1. The molecule has 2 fully saturated rings. The molecule has 0 aliphatic heterocycles. The molecule has 0 saturated heterocycles. The quantitative estimate of drug-likeness (QED) is 0.681. The molecule has 1 nitrogen and oxygen atoms in total. The number of hydrogen-bond donors (Lipinski definition) is 0. The highest BCUT2D eigenvalue weighted by molar-refractivity contribution is 8.38. The van der Waals surface area contributed by atoms with Crippen LogP contribution >= 0.6 is 23.5 Å². The summed E-state index contributed by atoms with van der Waals surface area (Å²) in [5, 5.41) is 0.516. The third-order valence-electron chi connectivity index (χ3n) is 6.15. The minimum atomic E-state index is 0.299. The highest BCUT2D eigenvalue weighted by atomic mass is 32.2. The molecule has 21 heavy (non-hydrogen) atoms. The summed E-state index contributed by atoms with van der Waals surface area (Å²) in [6, 6.07) is 10.3. The fourth-order valence-corrected chi connectivity index (χ4v) is 6.69. The highest BCUT2D eigenvalue weighted by Gasteiger charge is 2.61. The minimum absolute atomic E-state index is 0.299. The average Bonchev–Trinajstić information content (AvgIpc) is 2.79. The Morgan fingerprint density at radius 3 is 2.52 bits per heavy atom. The van der Waals surface area contributed by atoms with Gasteiger partial charge in [0.25, 0.3) is 0 Å². The van der Waals surface area contributed by atoms with Gasteiger partial charge in [0.05, 0.1) is 0 Å². The molecule has 0 spiro atoms. The summed E-state index contributed by atoms with van der Waals surface area (Å²) in [4.78, 5) is 12.3. The zero-order chi connectivity index (χ0) is 15.1. The Kier molecular flexibility index (Phi) is 4.17. The third-order valence-corrected chi connectivity index (χ3v) is 8.70. The van der Waals surface area contributed by atoms with Crippen molar-refractivity contribution in [2.24, 2.45) is 16.7 Å². The van der Waals surface area contributed by atoms with Crippen LogP contribution in [0.3, 0.4) is 0 Å². The van der Waals surface area contributed by atoms with Crippen molar-refractivity contribution in [1.82, 2.24) is 0 Å². The summed E-state index contributed by atoms with van der Waals surface area (Å²) in [6.07, 6.45) is 3.87. The molecule has 2 aliphatic rings. The Balaban J connectivity index is 1.57. The van der Waals surface area contributed by atoms with Gasteiger partial charge in [0.1, 0.15) is 0 Å². The second kappa shape index (κ2) is 5.66. The first kappa shape index (κ1) is 15.5. The van der Waals surface area contributed by atoms with Crippen molar-refractivity contribution in [2.45, 2.75) is 51.0 Å². The maximum Gasteiger partial charge on any atom is 0.246 e. The van der Waals surface area contributed by atoms with E-state index in [9.17, 15) is 4.79 Å². The Hall–Kier alpha value is -0.410. The van der Waals surface area contributed by atoms with Crippen molar-refractivity contribution in [3.63, 3.8) is 0 Å². The SMILES string of the molecule is CC1(C)[C@@H]2CC[C@@]1(C)[C@H](SC(=O)SCc1ccccc1)C2. The summed E-state index contributed by atoms with van der Waals surface area (Å²) < 4.78 is 0.299. The minimum Gasteiger partial charge on any atom is -0.274 e. The molecular formula is C18H24OS2. The molecule has 2 bridgehead atoms. The molecule has 1 aromatic carbocycles. The van der Waals surface area contributed by atoms with Crippen LogP contribution in [0.15, 0.2) is 30.3 Å². The third kappa shape index (κ3) is 2.68. The largest absolute Gasteiger partial charge is 0.274 e. The van der Waals surface area contributed by atoms with Crippen molar-refractivity contribution in [2.75, 3.05) is 0 Å². The lowest BCUT2D eigenvalue weighted by Crippen LogP contribution is -2.34. The second-order valence-electron chi connectivity index (χ2n) is 7.24. The summed E-state index contributed by atoms with van der Waals surface area (Å²) in [5.74, 6) is 1.61. The van der Waals surface area contributed by atoms with Crippen LogP contribution in [0, 0.1) is 16.7 Å². The van der Waals surface area contributed by atoms with Gasteiger partial charge in [0.15, 0.2) is 0 Å². The van der Waals surface area contributed by atoms with E-state index in [1.807, 2.05) is 18.2 Å². The van der Waals surface area contributed by atoms with Crippen LogP contribution in [0.1, 0.15) is 45.6 Å². The number of benzene rings is 1. The molecule has 0 amide bonds. The lowest BCUT2D eigenvalue weighted by atomic mass is 9.71. The van der Waals surface area contributed by atoms with Gasteiger partial charge >= 0.3 is 0 Å². The van der Waals surface area contributed by atoms with E-state index in [-0.39, 0.29) is 0 Å². The van der Waals surface area contributed by atoms with E-state index >= 15 is 0 Å². The number of carbonyl (C=O) groups is 1. The highest BCUT2D eigenvalue weighted by Crippen LogP contribution is 2.68. The molecular weight excluding hydrogens is 296 g/mol. The number of carbonyl (C=O) groups excluding carboxylic acids is 1. The van der Waals surface area contributed by atoms with E-state index in [0.29, 0.717) is 20.5 Å². The van der Waals surface area contributed by atoms with Crippen molar-refractivity contribution in [3.8, 4) is 0 Å². The van der Waals surface area contributed by atoms with E-state index in [4.69, 9.17) is 0 Å². The van der Waals surface area contributed by atoms with Crippen LogP contribution in [0.4, 0.5) is 4.79 Å². The fourth-order valence-electron chi connectivity index (χ4n) is 4.18. The van der Waals surface area contributed by atoms with Crippen molar-refractivity contribution < 1.29 is 4.79 Å². The molecule has 3 rings (SSSR count). The van der Waals surface area contributed by atoms with Crippen molar-refractivity contribution >= 4 is 28.0 Å². The van der Waals surface area contributed by atoms with Crippen molar-refractivity contribution in [3.05, 3.63) is 35.9 Å². The van der Waals surface area contributed by atoms with Gasteiger partial charge in [0.2, 0.25) is 4.45 Å². The molecule has 2 aliphatic carbocycles. The molecule has 0 unspecified atom stereocenters. The topological polar surface area (TPSA) is 17.1 Å². The Morgan fingerprint density at radius 1 is 1.24 bits per heavy atom. The van der Waals surface area contributed by atoms with Gasteiger partial charge < -0.3 is 0 Å². The van der Waals surface area contributed by atoms with Crippen molar-refractivity contribution in [1.29, 1.82) is 0 Å². The lowest BCUT2D eigenvalue weighted by molar-refractivity contribution is 0.156. The molecule has 114 valence electrons. The van der Waals surface area contributed by atoms with E-state index in [0.717, 1.165) is 11.7 Å². The second-order valence-corrected chi connectivity index (χ2v) is 9.62. The number of thioether (sulfide) groups is 2. The molecule has 1 aromatic rings. The van der Waals surface area contributed by atoms with Crippen LogP contribution in [0.2, 0.25) is 0 Å². The van der Waals surface area contributed by atoms with Gasteiger partial charge in [-0.1, -0.05) is 74.6 Å². The standard InChI is InChI=1S/C18H24OS2/c1-17(2)14-9-10-18(17,3)15(11-14)21-16(19)20-12-13-7-5-4-6-8-13/h4-8,14-15H,9-12H2,1-3H3/t14-,15-,18+/m1/s1. The number of hydrogen-bond acceptors (Lipinski definition) is 3. The first-order valence-electron chi connectivity index (χ1n) is 7.81. The zero-order valence-corrected chi connectivity index (χ0v) is 14.7. The van der Waals surface area contributed by atoms with Gasteiger partial charge in [-0.2, -0.15) is 0 Å². The van der Waals surface area contributed by atoms with Crippen LogP contribution in [-0.2, 0) is 5.75 Å². The van der Waals surface area contributed by atoms with Gasteiger partial charge in [-0.15, -0.1) is 0 Å². The predicted octanol–water partition coefficient (Wildman–Crippen LogP) is 5.99. The van der Waals surface area contributed by atoms with E-state index in [1.165, 1.54) is 36.6 Å². The predicted molar refractivity (Wildman–Crippen MR) is 93.7 cm³/mol.